The Morgan fingerprint density at radius 3 is 2.63 bits per heavy atom. The van der Waals surface area contributed by atoms with Crippen molar-refractivity contribution in [2.75, 3.05) is 24.7 Å². The molecule has 0 saturated carbocycles. The van der Waals surface area contributed by atoms with E-state index in [4.69, 9.17) is 4.74 Å². The highest BCUT2D eigenvalue weighted by Gasteiger charge is 2.26. The van der Waals surface area contributed by atoms with Crippen molar-refractivity contribution < 1.29 is 9.53 Å². The number of ether oxygens (including phenoxy) is 1. The number of hydrogen-bond donors (Lipinski definition) is 0. The number of carbonyl (C=O) groups excluding carboxylic acids is 1. The first-order valence-electron chi connectivity index (χ1n) is 10.4. The summed E-state index contributed by atoms with van der Waals surface area (Å²) in [5.41, 5.74) is 2.57. The number of anilines is 1. The van der Waals surface area contributed by atoms with Crippen molar-refractivity contribution in [2.45, 2.75) is 26.2 Å². The van der Waals surface area contributed by atoms with Crippen LogP contribution in [0.2, 0.25) is 0 Å². The van der Waals surface area contributed by atoms with E-state index in [-0.39, 0.29) is 5.91 Å². The monoisotopic (exact) mass is 399 g/mol. The van der Waals surface area contributed by atoms with Crippen LogP contribution in [0, 0.1) is 11.3 Å². The Hall–Kier alpha value is -3.52. The van der Waals surface area contributed by atoms with Crippen molar-refractivity contribution in [1.29, 1.82) is 5.26 Å². The first-order valence-corrected chi connectivity index (χ1v) is 10.4. The quantitative estimate of drug-likeness (QED) is 0.624. The summed E-state index contributed by atoms with van der Waals surface area (Å²) in [5, 5.41) is 15.3. The number of amides is 1. The van der Waals surface area contributed by atoms with Gasteiger partial charge in [0.1, 0.15) is 5.75 Å². The van der Waals surface area contributed by atoms with Gasteiger partial charge in [-0.05, 0) is 49.6 Å². The fourth-order valence-corrected chi connectivity index (χ4v) is 4.06. The minimum atomic E-state index is 0.0665. The summed E-state index contributed by atoms with van der Waals surface area (Å²) < 4.78 is 5.57. The molecule has 3 aromatic carbocycles. The van der Waals surface area contributed by atoms with Crippen molar-refractivity contribution in [3.63, 3.8) is 0 Å². The minimum absolute atomic E-state index is 0.0665. The second-order valence-electron chi connectivity index (χ2n) is 7.39. The smallest absolute Gasteiger partial charge is 0.245 e. The van der Waals surface area contributed by atoms with E-state index >= 15 is 0 Å². The molecule has 0 atom stereocenters. The van der Waals surface area contributed by atoms with Gasteiger partial charge < -0.3 is 4.74 Å². The van der Waals surface area contributed by atoms with Crippen LogP contribution in [0.5, 0.6) is 5.75 Å². The second kappa shape index (κ2) is 8.87. The van der Waals surface area contributed by atoms with E-state index < -0.39 is 0 Å². The zero-order valence-electron chi connectivity index (χ0n) is 17.2. The van der Waals surface area contributed by atoms with Crippen LogP contribution < -0.4 is 9.75 Å². The maximum atomic E-state index is 13.3. The van der Waals surface area contributed by atoms with Crippen LogP contribution in [0.1, 0.15) is 30.9 Å². The summed E-state index contributed by atoms with van der Waals surface area (Å²) in [6, 6.07) is 21.7. The van der Waals surface area contributed by atoms with Crippen molar-refractivity contribution in [3.05, 3.63) is 71.8 Å². The molecule has 0 aromatic heterocycles. The maximum absolute atomic E-state index is 13.3. The van der Waals surface area contributed by atoms with Gasteiger partial charge >= 0.3 is 0 Å². The molecule has 152 valence electrons. The van der Waals surface area contributed by atoms with Gasteiger partial charge in [-0.1, -0.05) is 36.4 Å². The van der Waals surface area contributed by atoms with Gasteiger partial charge in [-0.25, -0.2) is 0 Å². The molecule has 1 amide bonds. The molecule has 1 aliphatic rings. The van der Waals surface area contributed by atoms with Gasteiger partial charge in [0, 0.05) is 23.9 Å². The van der Waals surface area contributed by atoms with Crippen LogP contribution in [-0.4, -0.2) is 30.6 Å². The number of fused-ring (bicyclic) bond motifs is 1. The topological polar surface area (TPSA) is 56.6 Å². The molecule has 1 saturated heterocycles. The minimum Gasteiger partial charge on any atom is -0.494 e. The summed E-state index contributed by atoms with van der Waals surface area (Å²) in [6.45, 7) is 4.02. The Labute approximate surface area is 177 Å². The van der Waals surface area contributed by atoms with Gasteiger partial charge in [-0.15, -0.1) is 0 Å². The Balaban J connectivity index is 1.64. The standard InChI is InChI=1S/C25H25N3O2/c1-2-30-21-9-7-8-19(16-21)17-25(29)28-15-6-5-14-27(28)24-13-12-20(18-26)22-10-3-4-11-23(22)24/h3-4,7-13,16H,2,5-6,14-15,17H2,1H3. The lowest BCUT2D eigenvalue weighted by molar-refractivity contribution is -0.131. The molecule has 1 fully saturated rings. The van der Waals surface area contributed by atoms with E-state index in [2.05, 4.69) is 11.1 Å². The predicted molar refractivity (Wildman–Crippen MR) is 118 cm³/mol. The molecule has 0 radical (unpaired) electrons. The third-order valence-corrected chi connectivity index (χ3v) is 5.43. The predicted octanol–water partition coefficient (Wildman–Crippen LogP) is 4.70. The first-order chi connectivity index (χ1) is 14.7. The van der Waals surface area contributed by atoms with Gasteiger partial charge in [0.2, 0.25) is 5.91 Å². The van der Waals surface area contributed by atoms with Crippen LogP contribution in [-0.2, 0) is 11.2 Å². The molecule has 3 aromatic rings. The Morgan fingerprint density at radius 1 is 1.03 bits per heavy atom. The van der Waals surface area contributed by atoms with Crippen LogP contribution in [0.3, 0.4) is 0 Å². The fraction of sp³-hybridized carbons (Fsp3) is 0.280. The summed E-state index contributed by atoms with van der Waals surface area (Å²) in [7, 11) is 0. The molecule has 1 aliphatic heterocycles. The number of nitriles is 1. The zero-order valence-corrected chi connectivity index (χ0v) is 17.2. The molecule has 0 N–H and O–H groups in total. The highest BCUT2D eigenvalue weighted by molar-refractivity contribution is 5.98. The number of nitrogens with zero attached hydrogens (tertiary/aromatic N) is 3. The molecular weight excluding hydrogens is 374 g/mol. The van der Waals surface area contributed by atoms with E-state index in [9.17, 15) is 10.1 Å². The van der Waals surface area contributed by atoms with Crippen LogP contribution in [0.15, 0.2) is 60.7 Å². The summed E-state index contributed by atoms with van der Waals surface area (Å²) in [4.78, 5) is 13.3. The van der Waals surface area contributed by atoms with Gasteiger partial charge in [-0.2, -0.15) is 5.26 Å². The van der Waals surface area contributed by atoms with Gasteiger partial charge in [0.15, 0.2) is 0 Å². The lowest BCUT2D eigenvalue weighted by atomic mass is 10.0. The van der Waals surface area contributed by atoms with Gasteiger partial charge in [-0.3, -0.25) is 14.8 Å². The van der Waals surface area contributed by atoms with Gasteiger partial charge in [0.05, 0.1) is 30.3 Å². The van der Waals surface area contributed by atoms with Crippen molar-refractivity contribution in [2.24, 2.45) is 0 Å². The Bertz CT molecular complexity index is 1100. The summed E-state index contributed by atoms with van der Waals surface area (Å²) in [5.74, 6) is 0.855. The summed E-state index contributed by atoms with van der Waals surface area (Å²) in [6.07, 6.45) is 2.33. The number of benzene rings is 3. The highest BCUT2D eigenvalue weighted by atomic mass is 16.5. The average molecular weight is 399 g/mol. The second-order valence-corrected chi connectivity index (χ2v) is 7.39. The molecule has 0 aliphatic carbocycles. The number of carbonyl (C=O) groups is 1. The fourth-order valence-electron chi connectivity index (χ4n) is 4.06. The molecule has 4 rings (SSSR count). The van der Waals surface area contributed by atoms with E-state index in [0.717, 1.165) is 47.2 Å². The van der Waals surface area contributed by atoms with E-state index in [1.807, 2.05) is 72.6 Å². The Kier molecular flexibility index (Phi) is 5.85. The third kappa shape index (κ3) is 3.95. The molecule has 5 nitrogen and oxygen atoms in total. The lowest BCUT2D eigenvalue weighted by Crippen LogP contribution is -2.51. The van der Waals surface area contributed by atoms with Gasteiger partial charge in [0.25, 0.3) is 0 Å². The number of hydrogen-bond acceptors (Lipinski definition) is 4. The normalized spacial score (nSPS) is 13.9. The van der Waals surface area contributed by atoms with Crippen LogP contribution >= 0.6 is 0 Å². The molecule has 0 spiro atoms. The largest absolute Gasteiger partial charge is 0.494 e. The van der Waals surface area contributed by atoms with Crippen molar-refractivity contribution >= 4 is 22.4 Å². The molecule has 0 unspecified atom stereocenters. The van der Waals surface area contributed by atoms with E-state index in [0.29, 0.717) is 25.1 Å². The van der Waals surface area contributed by atoms with E-state index in [1.165, 1.54) is 0 Å². The van der Waals surface area contributed by atoms with E-state index in [1.54, 1.807) is 0 Å². The first kappa shape index (κ1) is 19.8. The van der Waals surface area contributed by atoms with Crippen LogP contribution in [0.4, 0.5) is 5.69 Å². The molecule has 30 heavy (non-hydrogen) atoms. The molecule has 1 heterocycles. The lowest BCUT2D eigenvalue weighted by Gasteiger charge is -2.41. The molecule has 0 bridgehead atoms. The Morgan fingerprint density at radius 2 is 1.83 bits per heavy atom. The SMILES string of the molecule is CCOc1cccc(CC(=O)N2CCCCN2c2ccc(C#N)c3ccccc23)c1. The molecule has 5 heteroatoms. The summed E-state index contributed by atoms with van der Waals surface area (Å²) >= 11 is 0. The third-order valence-electron chi connectivity index (χ3n) is 5.43. The zero-order chi connectivity index (χ0) is 20.9. The number of rotatable bonds is 5. The van der Waals surface area contributed by atoms with Crippen molar-refractivity contribution in [1.82, 2.24) is 5.01 Å². The highest BCUT2D eigenvalue weighted by Crippen LogP contribution is 2.32. The van der Waals surface area contributed by atoms with Crippen LogP contribution in [0.25, 0.3) is 10.8 Å². The average Bonchev–Trinajstić information content (AvgIpc) is 2.79. The van der Waals surface area contributed by atoms with Crippen molar-refractivity contribution in [3.8, 4) is 11.8 Å². The maximum Gasteiger partial charge on any atom is 0.245 e. The number of hydrazine groups is 1. The molecular formula is C25H25N3O2.